The summed E-state index contributed by atoms with van der Waals surface area (Å²) in [6.45, 7) is 5.37. The number of amides is 1. The molecule has 0 bridgehead atoms. The Kier molecular flexibility index (Phi) is 7.10. The van der Waals surface area contributed by atoms with E-state index in [1.807, 2.05) is 36.4 Å². The average molecular weight is 506 g/mol. The minimum Gasteiger partial charge on any atom is -0.489 e. The topological polar surface area (TPSA) is 45.7 Å². The van der Waals surface area contributed by atoms with Crippen LogP contribution in [0.15, 0.2) is 91.1 Å². The molecule has 1 spiro atoms. The summed E-state index contributed by atoms with van der Waals surface area (Å²) in [7, 11) is 0. The molecule has 2 aliphatic rings. The number of para-hydroxylation sites is 2. The van der Waals surface area contributed by atoms with Crippen molar-refractivity contribution in [3.63, 3.8) is 0 Å². The molecule has 5 heteroatoms. The van der Waals surface area contributed by atoms with Crippen LogP contribution in [0.5, 0.6) is 5.75 Å². The first kappa shape index (κ1) is 24.6. The molecule has 5 nitrogen and oxygen atoms in total. The smallest absolute Gasteiger partial charge is 0.254 e. The van der Waals surface area contributed by atoms with E-state index in [0.717, 1.165) is 67.8 Å². The fourth-order valence-corrected chi connectivity index (χ4v) is 6.07. The Balaban J connectivity index is 1.03. The van der Waals surface area contributed by atoms with Gasteiger partial charge in [-0.05, 0) is 68.0 Å². The van der Waals surface area contributed by atoms with Gasteiger partial charge in [0.1, 0.15) is 12.4 Å². The Morgan fingerprint density at radius 2 is 1.47 bits per heavy atom. The summed E-state index contributed by atoms with van der Waals surface area (Å²) in [6.07, 6.45) is 6.32. The summed E-state index contributed by atoms with van der Waals surface area (Å²) in [5.74, 6) is 1.12. The van der Waals surface area contributed by atoms with Crippen molar-refractivity contribution in [3.8, 4) is 5.75 Å². The van der Waals surface area contributed by atoms with Gasteiger partial charge in [0.2, 0.25) is 0 Å². The molecular formula is C33H35N3O2. The fourth-order valence-electron chi connectivity index (χ4n) is 6.07. The molecule has 3 aromatic carbocycles. The Hall–Kier alpha value is -3.70. The molecule has 1 amide bonds. The van der Waals surface area contributed by atoms with Crippen molar-refractivity contribution in [1.29, 1.82) is 0 Å². The summed E-state index contributed by atoms with van der Waals surface area (Å²) in [6, 6.07) is 28.6. The summed E-state index contributed by atoms with van der Waals surface area (Å²) < 4.78 is 6.20. The number of aromatic nitrogens is 1. The number of piperidine rings is 2. The third kappa shape index (κ3) is 5.30. The van der Waals surface area contributed by atoms with Crippen molar-refractivity contribution < 1.29 is 9.53 Å². The van der Waals surface area contributed by atoms with Gasteiger partial charge in [-0.15, -0.1) is 0 Å². The van der Waals surface area contributed by atoms with Crippen LogP contribution in [0.3, 0.4) is 0 Å². The van der Waals surface area contributed by atoms with Crippen molar-refractivity contribution >= 4 is 16.8 Å². The normalized spacial score (nSPS) is 17.5. The zero-order valence-corrected chi connectivity index (χ0v) is 21.9. The number of benzene rings is 3. The molecule has 0 N–H and O–H groups in total. The van der Waals surface area contributed by atoms with E-state index in [2.05, 4.69) is 63.3 Å². The molecule has 1 aromatic heterocycles. The third-order valence-corrected chi connectivity index (χ3v) is 8.51. The largest absolute Gasteiger partial charge is 0.489 e. The van der Waals surface area contributed by atoms with Crippen LogP contribution >= 0.6 is 0 Å². The maximum absolute atomic E-state index is 13.4. The Bertz CT molecular complexity index is 1380. The lowest BCUT2D eigenvalue weighted by Gasteiger charge is -2.47. The van der Waals surface area contributed by atoms with Crippen molar-refractivity contribution in [2.75, 3.05) is 26.2 Å². The van der Waals surface area contributed by atoms with Crippen LogP contribution in [0, 0.1) is 5.41 Å². The number of carbonyl (C=O) groups excluding carboxylic acids is 1. The van der Waals surface area contributed by atoms with Gasteiger partial charge in [0.15, 0.2) is 0 Å². The van der Waals surface area contributed by atoms with Crippen LogP contribution < -0.4 is 4.74 Å². The molecule has 0 atom stereocenters. The van der Waals surface area contributed by atoms with Crippen LogP contribution in [0.4, 0.5) is 0 Å². The van der Waals surface area contributed by atoms with E-state index in [0.29, 0.717) is 12.0 Å². The number of fused-ring (bicyclic) bond motifs is 1. The molecule has 2 saturated heterocycles. The van der Waals surface area contributed by atoms with Gasteiger partial charge >= 0.3 is 0 Å². The van der Waals surface area contributed by atoms with Gasteiger partial charge in [-0.25, -0.2) is 0 Å². The summed E-state index contributed by atoms with van der Waals surface area (Å²) in [4.78, 5) is 22.4. The summed E-state index contributed by atoms with van der Waals surface area (Å²) in [5, 5.41) is 0.946. The van der Waals surface area contributed by atoms with Crippen LogP contribution in [0.25, 0.3) is 10.9 Å². The first-order chi connectivity index (χ1) is 18.7. The van der Waals surface area contributed by atoms with Crippen LogP contribution in [-0.4, -0.2) is 46.9 Å². The molecule has 194 valence electrons. The quantitative estimate of drug-likeness (QED) is 0.307. The molecular weight excluding hydrogens is 470 g/mol. The molecule has 4 aromatic rings. The van der Waals surface area contributed by atoms with E-state index >= 15 is 0 Å². The predicted molar refractivity (Wildman–Crippen MR) is 151 cm³/mol. The van der Waals surface area contributed by atoms with E-state index < -0.39 is 0 Å². The molecule has 38 heavy (non-hydrogen) atoms. The lowest BCUT2D eigenvalue weighted by atomic mass is 9.71. The van der Waals surface area contributed by atoms with Crippen molar-refractivity contribution in [2.24, 2.45) is 5.41 Å². The maximum atomic E-state index is 13.4. The predicted octanol–water partition coefficient (Wildman–Crippen LogP) is 6.33. The van der Waals surface area contributed by atoms with Gasteiger partial charge in [0.05, 0.1) is 11.1 Å². The second-order valence-corrected chi connectivity index (χ2v) is 10.8. The average Bonchev–Trinajstić information content (AvgIpc) is 2.98. The molecule has 2 fully saturated rings. The number of carbonyl (C=O) groups is 1. The molecule has 2 aliphatic heterocycles. The van der Waals surface area contributed by atoms with E-state index in [4.69, 9.17) is 4.74 Å². The van der Waals surface area contributed by atoms with Crippen LogP contribution in [-0.2, 0) is 13.2 Å². The first-order valence-corrected chi connectivity index (χ1v) is 13.8. The van der Waals surface area contributed by atoms with Crippen molar-refractivity contribution in [3.05, 3.63) is 108 Å². The second-order valence-electron chi connectivity index (χ2n) is 10.8. The van der Waals surface area contributed by atoms with Gasteiger partial charge in [0.25, 0.3) is 5.91 Å². The molecule has 0 radical (unpaired) electrons. The summed E-state index contributed by atoms with van der Waals surface area (Å²) in [5.41, 5.74) is 4.45. The number of likely N-dealkylation sites (tertiary alicyclic amines) is 2. The highest BCUT2D eigenvalue weighted by atomic mass is 16.5. The number of hydrogen-bond donors (Lipinski definition) is 0. The Morgan fingerprint density at radius 1 is 0.789 bits per heavy atom. The molecule has 0 saturated carbocycles. The van der Waals surface area contributed by atoms with Gasteiger partial charge in [-0.2, -0.15) is 0 Å². The lowest BCUT2D eigenvalue weighted by Crippen LogP contribution is -2.48. The van der Waals surface area contributed by atoms with E-state index in [9.17, 15) is 4.79 Å². The number of nitrogens with zero attached hydrogens (tertiary/aromatic N) is 3. The fraction of sp³-hybridized carbons (Fsp3) is 0.333. The number of pyridine rings is 1. The number of rotatable bonds is 6. The molecule has 0 aliphatic carbocycles. The van der Waals surface area contributed by atoms with E-state index in [1.165, 1.54) is 24.0 Å². The Labute approximate surface area is 225 Å². The first-order valence-electron chi connectivity index (χ1n) is 13.8. The highest BCUT2D eigenvalue weighted by Gasteiger charge is 2.38. The molecule has 0 unspecified atom stereocenters. The van der Waals surface area contributed by atoms with Gasteiger partial charge in [0, 0.05) is 36.8 Å². The standard InChI is InChI=1S/C33H35N3O2/c37-32(29-14-19-34-30-12-6-5-11-28(29)30)36-22-17-33(18-23-36)15-20-35(21-16-33)24-27-10-4-7-13-31(27)38-25-26-8-2-1-3-9-26/h1-14,19H,15-18,20-25H2. The zero-order chi connectivity index (χ0) is 25.8. The maximum Gasteiger partial charge on any atom is 0.254 e. The number of ether oxygens (including phenoxy) is 1. The van der Waals surface area contributed by atoms with Gasteiger partial charge < -0.3 is 9.64 Å². The monoisotopic (exact) mass is 505 g/mol. The zero-order valence-electron chi connectivity index (χ0n) is 21.9. The van der Waals surface area contributed by atoms with Gasteiger partial charge in [-0.1, -0.05) is 66.7 Å². The van der Waals surface area contributed by atoms with Crippen LogP contribution in [0.2, 0.25) is 0 Å². The van der Waals surface area contributed by atoms with Crippen molar-refractivity contribution in [2.45, 2.75) is 38.8 Å². The minimum absolute atomic E-state index is 0.142. The highest BCUT2D eigenvalue weighted by molar-refractivity contribution is 6.06. The van der Waals surface area contributed by atoms with Crippen molar-refractivity contribution in [1.82, 2.24) is 14.8 Å². The van der Waals surface area contributed by atoms with E-state index in [-0.39, 0.29) is 5.91 Å². The van der Waals surface area contributed by atoms with E-state index in [1.54, 1.807) is 6.20 Å². The van der Waals surface area contributed by atoms with Gasteiger partial charge in [-0.3, -0.25) is 14.7 Å². The third-order valence-electron chi connectivity index (χ3n) is 8.51. The molecule has 6 rings (SSSR count). The summed E-state index contributed by atoms with van der Waals surface area (Å²) >= 11 is 0. The minimum atomic E-state index is 0.142. The lowest BCUT2D eigenvalue weighted by molar-refractivity contribution is 0.0284. The molecule has 3 heterocycles. The SMILES string of the molecule is O=C(c1ccnc2ccccc12)N1CCC2(CCN(Cc3ccccc3OCc3ccccc3)CC2)CC1. The number of hydrogen-bond acceptors (Lipinski definition) is 4. The highest BCUT2D eigenvalue weighted by Crippen LogP contribution is 2.42. The second kappa shape index (κ2) is 11.0. The van der Waals surface area contributed by atoms with Crippen LogP contribution in [0.1, 0.15) is 47.2 Å². The Morgan fingerprint density at radius 3 is 2.29 bits per heavy atom.